The zero-order valence-corrected chi connectivity index (χ0v) is 12.6. The quantitative estimate of drug-likeness (QED) is 0.855. The normalized spacial score (nSPS) is 15.0. The van der Waals surface area contributed by atoms with E-state index in [-0.39, 0.29) is 5.82 Å². The fourth-order valence-electron chi connectivity index (χ4n) is 2.84. The Morgan fingerprint density at radius 3 is 2.68 bits per heavy atom. The Hall–Kier alpha value is -2.17. The molecule has 0 radical (unpaired) electrons. The van der Waals surface area contributed by atoms with Crippen molar-refractivity contribution in [1.29, 1.82) is 0 Å². The molecule has 1 aromatic carbocycles. The fourth-order valence-corrected chi connectivity index (χ4v) is 2.84. The maximum atomic E-state index is 13.5. The summed E-state index contributed by atoms with van der Waals surface area (Å²) in [5.74, 6) is 1.47. The summed E-state index contributed by atoms with van der Waals surface area (Å²) >= 11 is 0. The van der Waals surface area contributed by atoms with E-state index in [0.29, 0.717) is 24.6 Å². The number of aromatic nitrogens is 2. The predicted molar refractivity (Wildman–Crippen MR) is 86.5 cm³/mol. The van der Waals surface area contributed by atoms with E-state index in [9.17, 15) is 4.39 Å². The number of anilines is 2. The van der Waals surface area contributed by atoms with Gasteiger partial charge < -0.3 is 10.6 Å². The molecule has 0 spiro atoms. The van der Waals surface area contributed by atoms with Crippen LogP contribution in [0.1, 0.15) is 31.2 Å². The van der Waals surface area contributed by atoms with Gasteiger partial charge in [0.25, 0.3) is 0 Å². The minimum absolute atomic E-state index is 0.157. The zero-order chi connectivity index (χ0) is 15.2. The molecular formula is C17H21FN4. The zero-order valence-electron chi connectivity index (χ0n) is 12.6. The van der Waals surface area contributed by atoms with Crippen LogP contribution >= 0.6 is 0 Å². The minimum atomic E-state index is -0.157. The number of hydrogen-bond donors (Lipinski definition) is 2. The predicted octanol–water partition coefficient (Wildman–Crippen LogP) is 3.62. The smallest absolute Gasteiger partial charge is 0.131 e. The third kappa shape index (κ3) is 3.93. The van der Waals surface area contributed by atoms with Crippen molar-refractivity contribution in [1.82, 2.24) is 9.97 Å². The van der Waals surface area contributed by atoms with Crippen molar-refractivity contribution < 1.29 is 4.39 Å². The van der Waals surface area contributed by atoms with E-state index in [1.165, 1.54) is 31.7 Å². The van der Waals surface area contributed by atoms with Crippen LogP contribution in [0.5, 0.6) is 0 Å². The summed E-state index contributed by atoms with van der Waals surface area (Å²) in [5.41, 5.74) is 0.716. The average molecular weight is 300 g/mol. The Balaban J connectivity index is 1.53. The van der Waals surface area contributed by atoms with Crippen molar-refractivity contribution in [2.75, 3.05) is 17.2 Å². The van der Waals surface area contributed by atoms with Crippen molar-refractivity contribution >= 4 is 11.6 Å². The third-order valence-corrected chi connectivity index (χ3v) is 4.03. The monoisotopic (exact) mass is 300 g/mol. The van der Waals surface area contributed by atoms with E-state index >= 15 is 0 Å². The number of rotatable bonds is 6. The topological polar surface area (TPSA) is 49.8 Å². The van der Waals surface area contributed by atoms with E-state index in [2.05, 4.69) is 20.6 Å². The van der Waals surface area contributed by atoms with Crippen molar-refractivity contribution in [2.24, 2.45) is 0 Å². The third-order valence-electron chi connectivity index (χ3n) is 4.03. The van der Waals surface area contributed by atoms with E-state index in [1.54, 1.807) is 12.4 Å². The van der Waals surface area contributed by atoms with Gasteiger partial charge in [-0.3, -0.25) is 0 Å². The minimum Gasteiger partial charge on any atom is -0.370 e. The number of hydrogen-bond acceptors (Lipinski definition) is 4. The van der Waals surface area contributed by atoms with E-state index < -0.39 is 0 Å². The number of nitrogens with one attached hydrogen (secondary N) is 2. The second-order valence-corrected chi connectivity index (χ2v) is 5.68. The molecule has 116 valence electrons. The molecule has 1 heterocycles. The summed E-state index contributed by atoms with van der Waals surface area (Å²) in [6.07, 6.45) is 7.18. The van der Waals surface area contributed by atoms with Crippen LogP contribution in [-0.4, -0.2) is 22.6 Å². The van der Waals surface area contributed by atoms with Gasteiger partial charge in [0.2, 0.25) is 0 Å². The lowest BCUT2D eigenvalue weighted by Gasteiger charge is -2.13. The molecule has 0 amide bonds. The van der Waals surface area contributed by atoms with E-state index in [1.807, 2.05) is 18.2 Å². The number of halogens is 1. The molecule has 0 saturated heterocycles. The molecule has 1 aliphatic rings. The molecule has 1 aromatic heterocycles. The SMILES string of the molecule is Fc1ccccc1CCNc1cc(NC2CCCC2)ncn1. The van der Waals surface area contributed by atoms with Crippen LogP contribution in [0.2, 0.25) is 0 Å². The van der Waals surface area contributed by atoms with Crippen LogP contribution in [0.3, 0.4) is 0 Å². The largest absolute Gasteiger partial charge is 0.370 e. The molecule has 2 aromatic rings. The van der Waals surface area contributed by atoms with Crippen molar-refractivity contribution in [3.63, 3.8) is 0 Å². The molecule has 0 unspecified atom stereocenters. The summed E-state index contributed by atoms with van der Waals surface area (Å²) in [6.45, 7) is 0.640. The van der Waals surface area contributed by atoms with Crippen LogP contribution in [0.4, 0.5) is 16.0 Å². The fraction of sp³-hybridized carbons (Fsp3) is 0.412. The van der Waals surface area contributed by atoms with Gasteiger partial charge in [0, 0.05) is 18.7 Å². The summed E-state index contributed by atoms with van der Waals surface area (Å²) in [4.78, 5) is 8.47. The first kappa shape index (κ1) is 14.8. The molecule has 0 bridgehead atoms. The van der Waals surface area contributed by atoms with Crippen LogP contribution in [0, 0.1) is 5.82 Å². The molecule has 1 saturated carbocycles. The van der Waals surface area contributed by atoms with Gasteiger partial charge in [-0.05, 0) is 30.9 Å². The highest BCUT2D eigenvalue weighted by atomic mass is 19.1. The summed E-state index contributed by atoms with van der Waals surface area (Å²) in [6, 6.07) is 9.30. The van der Waals surface area contributed by atoms with E-state index in [0.717, 1.165) is 11.6 Å². The van der Waals surface area contributed by atoms with Crippen LogP contribution in [0.15, 0.2) is 36.7 Å². The van der Waals surface area contributed by atoms with Crippen LogP contribution < -0.4 is 10.6 Å². The summed E-state index contributed by atoms with van der Waals surface area (Å²) in [5, 5.41) is 6.68. The maximum absolute atomic E-state index is 13.5. The average Bonchev–Trinajstić information content (AvgIpc) is 3.03. The summed E-state index contributed by atoms with van der Waals surface area (Å²) in [7, 11) is 0. The molecule has 5 heteroatoms. The van der Waals surface area contributed by atoms with Gasteiger partial charge in [-0.1, -0.05) is 31.0 Å². The first-order chi connectivity index (χ1) is 10.8. The number of nitrogens with zero attached hydrogens (tertiary/aromatic N) is 2. The Morgan fingerprint density at radius 1 is 1.09 bits per heavy atom. The molecule has 1 aliphatic carbocycles. The molecule has 22 heavy (non-hydrogen) atoms. The lowest BCUT2D eigenvalue weighted by atomic mass is 10.1. The molecule has 0 aliphatic heterocycles. The van der Waals surface area contributed by atoms with E-state index in [4.69, 9.17) is 0 Å². The lowest BCUT2D eigenvalue weighted by Crippen LogP contribution is -2.16. The van der Waals surface area contributed by atoms with Gasteiger partial charge in [0.05, 0.1) is 0 Å². The van der Waals surface area contributed by atoms with Gasteiger partial charge in [0.15, 0.2) is 0 Å². The highest BCUT2D eigenvalue weighted by molar-refractivity contribution is 5.47. The van der Waals surface area contributed by atoms with Crippen molar-refractivity contribution in [3.05, 3.63) is 48.0 Å². The molecular weight excluding hydrogens is 279 g/mol. The molecule has 3 rings (SSSR count). The Labute approximate surface area is 130 Å². The van der Waals surface area contributed by atoms with Crippen molar-refractivity contribution in [2.45, 2.75) is 38.1 Å². The molecule has 4 nitrogen and oxygen atoms in total. The van der Waals surface area contributed by atoms with Crippen LogP contribution in [-0.2, 0) is 6.42 Å². The Bertz CT molecular complexity index is 611. The van der Waals surface area contributed by atoms with Gasteiger partial charge in [0.1, 0.15) is 23.8 Å². The highest BCUT2D eigenvalue weighted by Crippen LogP contribution is 2.21. The first-order valence-corrected chi connectivity index (χ1v) is 7.87. The summed E-state index contributed by atoms with van der Waals surface area (Å²) < 4.78 is 13.5. The van der Waals surface area contributed by atoms with Gasteiger partial charge in [-0.2, -0.15) is 0 Å². The van der Waals surface area contributed by atoms with Gasteiger partial charge in [-0.15, -0.1) is 0 Å². The molecule has 2 N–H and O–H groups in total. The van der Waals surface area contributed by atoms with Crippen molar-refractivity contribution in [3.8, 4) is 0 Å². The van der Waals surface area contributed by atoms with Gasteiger partial charge in [-0.25, -0.2) is 14.4 Å². The first-order valence-electron chi connectivity index (χ1n) is 7.87. The molecule has 1 fully saturated rings. The second-order valence-electron chi connectivity index (χ2n) is 5.68. The molecule has 0 atom stereocenters. The Morgan fingerprint density at radius 2 is 1.86 bits per heavy atom. The number of benzene rings is 1. The van der Waals surface area contributed by atoms with Crippen LogP contribution in [0.25, 0.3) is 0 Å². The highest BCUT2D eigenvalue weighted by Gasteiger charge is 2.15. The second kappa shape index (κ2) is 7.20. The maximum Gasteiger partial charge on any atom is 0.131 e. The lowest BCUT2D eigenvalue weighted by molar-refractivity contribution is 0.610. The Kier molecular flexibility index (Phi) is 4.83. The van der Waals surface area contributed by atoms with Gasteiger partial charge >= 0.3 is 0 Å². The standard InChI is InChI=1S/C17H21FN4/c18-15-8-4-1-5-13(15)9-10-19-16-11-17(21-12-20-16)22-14-6-2-3-7-14/h1,4-5,8,11-12,14H,2-3,6-7,9-10H2,(H2,19,20,21,22).